The van der Waals surface area contributed by atoms with Gasteiger partial charge in [-0.2, -0.15) is 0 Å². The lowest BCUT2D eigenvalue weighted by Gasteiger charge is -1.92. The second-order valence-electron chi connectivity index (χ2n) is 1.91. The highest BCUT2D eigenvalue weighted by Crippen LogP contribution is 2.02. The van der Waals surface area contributed by atoms with Gasteiger partial charge < -0.3 is 0 Å². The van der Waals surface area contributed by atoms with Crippen LogP contribution in [-0.4, -0.2) is 5.33 Å². The highest BCUT2D eigenvalue weighted by molar-refractivity contribution is 9.09. The Hall–Kier alpha value is -0.220. The van der Waals surface area contributed by atoms with Crippen molar-refractivity contribution in [2.75, 3.05) is 5.33 Å². The van der Waals surface area contributed by atoms with Crippen LogP contribution in [0.3, 0.4) is 0 Å². The fourth-order valence-corrected chi connectivity index (χ4v) is 1.06. The highest BCUT2D eigenvalue weighted by atomic mass is 79.9. The Balaban J connectivity index is 3.40. The van der Waals surface area contributed by atoms with Gasteiger partial charge in [0, 0.05) is 11.8 Å². The molecule has 0 saturated carbocycles. The Labute approximate surface area is 65.5 Å². The van der Waals surface area contributed by atoms with Crippen molar-refractivity contribution in [1.82, 2.24) is 0 Å². The number of hydrogen-bond acceptors (Lipinski definition) is 0. The number of halogens is 1. The zero-order chi connectivity index (χ0) is 7.11. The summed E-state index contributed by atoms with van der Waals surface area (Å²) in [5, 5.41) is 0.934. The van der Waals surface area contributed by atoms with Gasteiger partial charge in [0.25, 0.3) is 0 Å². The van der Waals surface area contributed by atoms with E-state index in [1.807, 2.05) is 0 Å². The van der Waals surface area contributed by atoms with Gasteiger partial charge in [-0.25, -0.2) is 0 Å². The fourth-order valence-electron chi connectivity index (χ4n) is 0.503. The first-order chi connectivity index (χ1) is 4.31. The summed E-state index contributed by atoms with van der Waals surface area (Å²) >= 11 is 3.31. The van der Waals surface area contributed by atoms with Gasteiger partial charge in [0.2, 0.25) is 0 Å². The molecule has 9 heavy (non-hydrogen) atoms. The zero-order valence-corrected chi connectivity index (χ0v) is 7.24. The molecule has 0 unspecified atom stereocenters. The van der Waals surface area contributed by atoms with E-state index < -0.39 is 0 Å². The quantitative estimate of drug-likeness (QED) is 0.362. The van der Waals surface area contributed by atoms with Crippen LogP contribution in [0.2, 0.25) is 0 Å². The predicted molar refractivity (Wildman–Crippen MR) is 45.6 cm³/mol. The maximum Gasteiger partial charge on any atom is 0.0214 e. The third kappa shape index (κ3) is 5.65. The summed E-state index contributed by atoms with van der Waals surface area (Å²) in [5.41, 5.74) is 1.37. The van der Waals surface area contributed by atoms with Crippen molar-refractivity contribution < 1.29 is 0 Å². The summed E-state index contributed by atoms with van der Waals surface area (Å²) in [4.78, 5) is 0. The average molecular weight is 187 g/mol. The van der Waals surface area contributed by atoms with Gasteiger partial charge in [-0.15, -0.1) is 12.3 Å². The molecule has 0 aliphatic rings. The molecule has 0 rings (SSSR count). The summed E-state index contributed by atoms with van der Waals surface area (Å²) in [5.74, 6) is 2.60. The van der Waals surface area contributed by atoms with Crippen LogP contribution in [0.15, 0.2) is 11.6 Å². The smallest absolute Gasteiger partial charge is 0.0214 e. The van der Waals surface area contributed by atoms with E-state index in [-0.39, 0.29) is 0 Å². The van der Waals surface area contributed by atoms with E-state index >= 15 is 0 Å². The van der Waals surface area contributed by atoms with Gasteiger partial charge >= 0.3 is 0 Å². The highest BCUT2D eigenvalue weighted by Gasteiger charge is 1.84. The molecule has 0 aliphatic carbocycles. The third-order valence-corrected chi connectivity index (χ3v) is 1.41. The standard InChI is InChI=1S/C8H11Br/c1-3-4-5-8(2)6-7-9/h1,6H,4-5,7H2,2H3/b8-6-. The summed E-state index contributed by atoms with van der Waals surface area (Å²) in [7, 11) is 0. The summed E-state index contributed by atoms with van der Waals surface area (Å²) in [6, 6.07) is 0. The summed E-state index contributed by atoms with van der Waals surface area (Å²) in [6.45, 7) is 2.10. The average Bonchev–Trinajstić information content (AvgIpc) is 1.85. The van der Waals surface area contributed by atoms with Crippen LogP contribution in [0.4, 0.5) is 0 Å². The lowest BCUT2D eigenvalue weighted by Crippen LogP contribution is -1.75. The van der Waals surface area contributed by atoms with E-state index in [9.17, 15) is 0 Å². The van der Waals surface area contributed by atoms with Crippen molar-refractivity contribution in [3.63, 3.8) is 0 Å². The number of alkyl halides is 1. The van der Waals surface area contributed by atoms with Crippen LogP contribution < -0.4 is 0 Å². The number of hydrogen-bond donors (Lipinski definition) is 0. The lowest BCUT2D eigenvalue weighted by atomic mass is 10.2. The minimum Gasteiger partial charge on any atom is -0.120 e. The van der Waals surface area contributed by atoms with Crippen LogP contribution in [0.25, 0.3) is 0 Å². The molecule has 50 valence electrons. The van der Waals surface area contributed by atoms with E-state index in [2.05, 4.69) is 34.9 Å². The normalized spacial score (nSPS) is 11.0. The molecule has 0 saturated heterocycles. The Morgan fingerprint density at radius 3 is 2.89 bits per heavy atom. The van der Waals surface area contributed by atoms with Crippen LogP contribution in [0.5, 0.6) is 0 Å². The topological polar surface area (TPSA) is 0 Å². The molecule has 0 heterocycles. The Bertz CT molecular complexity index is 128. The van der Waals surface area contributed by atoms with Gasteiger partial charge in [0.15, 0.2) is 0 Å². The van der Waals surface area contributed by atoms with E-state index in [0.29, 0.717) is 0 Å². The van der Waals surface area contributed by atoms with Crippen LogP contribution in [0.1, 0.15) is 19.8 Å². The molecule has 1 heteroatoms. The van der Waals surface area contributed by atoms with Crippen LogP contribution in [0, 0.1) is 12.3 Å². The van der Waals surface area contributed by atoms with Gasteiger partial charge in [0.1, 0.15) is 0 Å². The van der Waals surface area contributed by atoms with Crippen molar-refractivity contribution in [1.29, 1.82) is 0 Å². The number of rotatable bonds is 3. The first kappa shape index (κ1) is 8.78. The predicted octanol–water partition coefficient (Wildman–Crippen LogP) is 2.74. The molecule has 0 aromatic carbocycles. The van der Waals surface area contributed by atoms with Gasteiger partial charge in [-0.3, -0.25) is 0 Å². The van der Waals surface area contributed by atoms with Gasteiger partial charge in [0.05, 0.1) is 0 Å². The second kappa shape index (κ2) is 5.91. The van der Waals surface area contributed by atoms with Gasteiger partial charge in [-0.05, 0) is 13.3 Å². The third-order valence-electron chi connectivity index (χ3n) is 1.09. The molecular formula is C8H11Br. The Morgan fingerprint density at radius 1 is 1.78 bits per heavy atom. The summed E-state index contributed by atoms with van der Waals surface area (Å²) < 4.78 is 0. The first-order valence-corrected chi connectivity index (χ1v) is 4.08. The molecule has 0 aliphatic heterocycles. The monoisotopic (exact) mass is 186 g/mol. The fraction of sp³-hybridized carbons (Fsp3) is 0.500. The second-order valence-corrected chi connectivity index (χ2v) is 2.56. The molecule has 0 spiro atoms. The molecule has 0 fully saturated rings. The maximum atomic E-state index is 5.08. The maximum absolute atomic E-state index is 5.08. The molecule has 0 atom stereocenters. The molecule has 0 aromatic heterocycles. The molecule has 0 nitrogen and oxygen atoms in total. The van der Waals surface area contributed by atoms with Crippen LogP contribution in [-0.2, 0) is 0 Å². The van der Waals surface area contributed by atoms with E-state index in [0.717, 1.165) is 18.2 Å². The molecule has 0 amide bonds. The van der Waals surface area contributed by atoms with Crippen molar-refractivity contribution in [3.8, 4) is 12.3 Å². The SMILES string of the molecule is C#CCC/C(C)=C\CBr. The van der Waals surface area contributed by atoms with Crippen molar-refractivity contribution in [2.24, 2.45) is 0 Å². The lowest BCUT2D eigenvalue weighted by molar-refractivity contribution is 0.999. The van der Waals surface area contributed by atoms with E-state index in [1.54, 1.807) is 0 Å². The minimum absolute atomic E-state index is 0.856. The summed E-state index contributed by atoms with van der Waals surface area (Å²) in [6.07, 6.45) is 9.11. The van der Waals surface area contributed by atoms with Crippen molar-refractivity contribution >= 4 is 15.9 Å². The van der Waals surface area contributed by atoms with E-state index in [4.69, 9.17) is 6.42 Å². The molecular weight excluding hydrogens is 176 g/mol. The largest absolute Gasteiger partial charge is 0.120 e. The van der Waals surface area contributed by atoms with Crippen molar-refractivity contribution in [3.05, 3.63) is 11.6 Å². The molecule has 0 N–H and O–H groups in total. The molecule has 0 bridgehead atoms. The minimum atomic E-state index is 0.856. The zero-order valence-electron chi connectivity index (χ0n) is 5.65. The Kier molecular flexibility index (Phi) is 5.76. The molecule has 0 aromatic rings. The number of terminal acetylenes is 1. The first-order valence-electron chi connectivity index (χ1n) is 2.96. The van der Waals surface area contributed by atoms with Gasteiger partial charge in [-0.1, -0.05) is 27.6 Å². The van der Waals surface area contributed by atoms with Crippen molar-refractivity contribution in [2.45, 2.75) is 19.8 Å². The van der Waals surface area contributed by atoms with Crippen LogP contribution >= 0.6 is 15.9 Å². The number of allylic oxidation sites excluding steroid dienone is 2. The van der Waals surface area contributed by atoms with E-state index in [1.165, 1.54) is 5.57 Å². The Morgan fingerprint density at radius 2 is 2.44 bits per heavy atom. The molecule has 0 radical (unpaired) electrons.